The summed E-state index contributed by atoms with van der Waals surface area (Å²) in [4.78, 5) is 18.9. The van der Waals surface area contributed by atoms with Crippen LogP contribution < -0.4 is 10.9 Å². The Bertz CT molecular complexity index is 645. The fourth-order valence-electron chi connectivity index (χ4n) is 2.14. The number of nitrogens with one attached hydrogen (secondary N) is 2. The molecular formula is C17H23N3O. The van der Waals surface area contributed by atoms with Crippen molar-refractivity contribution in [2.45, 2.75) is 39.0 Å². The first-order valence-electron chi connectivity index (χ1n) is 7.29. The molecule has 4 heteroatoms. The van der Waals surface area contributed by atoms with E-state index in [-0.39, 0.29) is 16.9 Å². The normalized spacial score (nSPS) is 11.7. The molecule has 0 aliphatic heterocycles. The highest BCUT2D eigenvalue weighted by Crippen LogP contribution is 2.23. The van der Waals surface area contributed by atoms with Gasteiger partial charge in [0.2, 0.25) is 0 Å². The third-order valence-electron chi connectivity index (χ3n) is 3.57. The van der Waals surface area contributed by atoms with Gasteiger partial charge in [-0.15, -0.1) is 0 Å². The standard InChI is InChI=1S/C17H23N3O/c1-12(2)16-19-14(10-15(21)20-16)18-11-17(3,4)13-8-6-5-7-9-13/h5-10,12H,11H2,1-4H3,(H2,18,19,20,21). The van der Waals surface area contributed by atoms with E-state index in [1.54, 1.807) is 0 Å². The van der Waals surface area contributed by atoms with E-state index in [1.165, 1.54) is 11.6 Å². The molecule has 1 heterocycles. The Kier molecular flexibility index (Phi) is 4.46. The van der Waals surface area contributed by atoms with Gasteiger partial charge >= 0.3 is 0 Å². The quantitative estimate of drug-likeness (QED) is 0.886. The zero-order valence-corrected chi connectivity index (χ0v) is 13.1. The summed E-state index contributed by atoms with van der Waals surface area (Å²) in [6.07, 6.45) is 0. The molecule has 112 valence electrons. The van der Waals surface area contributed by atoms with Crippen molar-refractivity contribution in [3.05, 3.63) is 58.1 Å². The van der Waals surface area contributed by atoms with Gasteiger partial charge in [-0.05, 0) is 5.56 Å². The van der Waals surface area contributed by atoms with Crippen molar-refractivity contribution in [1.82, 2.24) is 9.97 Å². The molecule has 1 aromatic heterocycles. The van der Waals surface area contributed by atoms with Crippen LogP contribution in [-0.4, -0.2) is 16.5 Å². The maximum atomic E-state index is 11.7. The minimum Gasteiger partial charge on any atom is -0.369 e. The van der Waals surface area contributed by atoms with Crippen molar-refractivity contribution in [2.75, 3.05) is 11.9 Å². The van der Waals surface area contributed by atoms with E-state index < -0.39 is 0 Å². The van der Waals surface area contributed by atoms with E-state index in [0.29, 0.717) is 18.2 Å². The van der Waals surface area contributed by atoms with Gasteiger partial charge in [-0.2, -0.15) is 0 Å². The minimum atomic E-state index is -0.117. The molecule has 0 saturated carbocycles. The number of anilines is 1. The lowest BCUT2D eigenvalue weighted by molar-refractivity contribution is 0.555. The van der Waals surface area contributed by atoms with E-state index in [2.05, 4.69) is 41.3 Å². The van der Waals surface area contributed by atoms with Crippen molar-refractivity contribution < 1.29 is 0 Å². The van der Waals surface area contributed by atoms with Gasteiger partial charge in [0.05, 0.1) is 0 Å². The second kappa shape index (κ2) is 6.12. The van der Waals surface area contributed by atoms with Gasteiger partial charge < -0.3 is 10.3 Å². The van der Waals surface area contributed by atoms with E-state index in [0.717, 1.165) is 0 Å². The van der Waals surface area contributed by atoms with Crippen LogP contribution in [0.15, 0.2) is 41.2 Å². The Labute approximate surface area is 125 Å². The minimum absolute atomic E-state index is 0.0382. The summed E-state index contributed by atoms with van der Waals surface area (Å²) in [6.45, 7) is 9.08. The predicted molar refractivity (Wildman–Crippen MR) is 86.9 cm³/mol. The fraction of sp³-hybridized carbons (Fsp3) is 0.412. The average Bonchev–Trinajstić information content (AvgIpc) is 2.45. The molecule has 1 aromatic carbocycles. The molecule has 0 amide bonds. The SMILES string of the molecule is CC(C)c1nc(NCC(C)(C)c2ccccc2)cc(=O)[nH]1. The van der Waals surface area contributed by atoms with Crippen molar-refractivity contribution in [1.29, 1.82) is 0 Å². The van der Waals surface area contributed by atoms with E-state index in [1.807, 2.05) is 32.0 Å². The van der Waals surface area contributed by atoms with Gasteiger partial charge in [0, 0.05) is 23.9 Å². The molecule has 0 atom stereocenters. The lowest BCUT2D eigenvalue weighted by atomic mass is 9.85. The second-order valence-electron chi connectivity index (χ2n) is 6.27. The summed E-state index contributed by atoms with van der Waals surface area (Å²) in [5.41, 5.74) is 1.10. The first-order valence-corrected chi connectivity index (χ1v) is 7.29. The summed E-state index contributed by atoms with van der Waals surface area (Å²) < 4.78 is 0. The number of H-pyrrole nitrogens is 1. The van der Waals surface area contributed by atoms with Crippen molar-refractivity contribution in [3.8, 4) is 0 Å². The van der Waals surface area contributed by atoms with Gasteiger partial charge in [0.1, 0.15) is 11.6 Å². The fourth-order valence-corrected chi connectivity index (χ4v) is 2.14. The third kappa shape index (κ3) is 3.94. The zero-order valence-electron chi connectivity index (χ0n) is 13.1. The Morgan fingerprint density at radius 2 is 1.90 bits per heavy atom. The van der Waals surface area contributed by atoms with Crippen LogP contribution >= 0.6 is 0 Å². The van der Waals surface area contributed by atoms with E-state index in [4.69, 9.17) is 0 Å². The largest absolute Gasteiger partial charge is 0.369 e. The van der Waals surface area contributed by atoms with Crippen LogP contribution in [0.4, 0.5) is 5.82 Å². The van der Waals surface area contributed by atoms with Crippen molar-refractivity contribution >= 4 is 5.82 Å². The van der Waals surface area contributed by atoms with Crippen LogP contribution in [0.5, 0.6) is 0 Å². The molecule has 2 aromatic rings. The Morgan fingerprint density at radius 1 is 1.24 bits per heavy atom. The van der Waals surface area contributed by atoms with Gasteiger partial charge in [-0.1, -0.05) is 58.0 Å². The first kappa shape index (κ1) is 15.3. The van der Waals surface area contributed by atoms with Crippen LogP contribution in [0.25, 0.3) is 0 Å². The number of hydrogen-bond acceptors (Lipinski definition) is 3. The van der Waals surface area contributed by atoms with Crippen LogP contribution in [-0.2, 0) is 5.41 Å². The van der Waals surface area contributed by atoms with Gasteiger partial charge in [-0.3, -0.25) is 4.79 Å². The van der Waals surface area contributed by atoms with Crippen molar-refractivity contribution in [3.63, 3.8) is 0 Å². The van der Waals surface area contributed by atoms with Crippen LogP contribution in [0.1, 0.15) is 45.0 Å². The number of benzene rings is 1. The highest BCUT2D eigenvalue weighted by Gasteiger charge is 2.20. The monoisotopic (exact) mass is 285 g/mol. The summed E-state index contributed by atoms with van der Waals surface area (Å²) in [6, 6.07) is 11.8. The van der Waals surface area contributed by atoms with Crippen LogP contribution in [0, 0.1) is 0 Å². The smallest absolute Gasteiger partial charge is 0.252 e. The average molecular weight is 285 g/mol. The topological polar surface area (TPSA) is 57.8 Å². The Balaban J connectivity index is 2.14. The molecule has 0 bridgehead atoms. The van der Waals surface area contributed by atoms with Crippen LogP contribution in [0.3, 0.4) is 0 Å². The van der Waals surface area contributed by atoms with Gasteiger partial charge in [0.15, 0.2) is 0 Å². The summed E-state index contributed by atoms with van der Waals surface area (Å²) >= 11 is 0. The number of rotatable bonds is 5. The number of hydrogen-bond donors (Lipinski definition) is 2. The molecule has 4 nitrogen and oxygen atoms in total. The second-order valence-corrected chi connectivity index (χ2v) is 6.27. The van der Waals surface area contributed by atoms with Gasteiger partial charge in [-0.25, -0.2) is 4.98 Å². The number of aromatic amines is 1. The van der Waals surface area contributed by atoms with Crippen LogP contribution in [0.2, 0.25) is 0 Å². The van der Waals surface area contributed by atoms with E-state index in [9.17, 15) is 4.79 Å². The van der Waals surface area contributed by atoms with Gasteiger partial charge in [0.25, 0.3) is 5.56 Å². The molecular weight excluding hydrogens is 262 g/mol. The molecule has 0 fully saturated rings. The molecule has 0 spiro atoms. The molecule has 0 radical (unpaired) electrons. The summed E-state index contributed by atoms with van der Waals surface area (Å²) in [7, 11) is 0. The highest BCUT2D eigenvalue weighted by molar-refractivity contribution is 5.36. The van der Waals surface area contributed by atoms with E-state index >= 15 is 0 Å². The molecule has 0 unspecified atom stereocenters. The third-order valence-corrected chi connectivity index (χ3v) is 3.57. The highest BCUT2D eigenvalue weighted by atomic mass is 16.1. The number of nitrogens with zero attached hydrogens (tertiary/aromatic N) is 1. The molecule has 0 aliphatic carbocycles. The lowest BCUT2D eigenvalue weighted by Gasteiger charge is -2.26. The Morgan fingerprint density at radius 3 is 2.52 bits per heavy atom. The predicted octanol–water partition coefficient (Wildman–Crippen LogP) is 3.28. The molecule has 2 rings (SSSR count). The number of aromatic nitrogens is 2. The Hall–Kier alpha value is -2.10. The summed E-state index contributed by atoms with van der Waals surface area (Å²) in [5, 5.41) is 3.29. The zero-order chi connectivity index (χ0) is 15.5. The first-order chi connectivity index (χ1) is 9.88. The molecule has 0 aliphatic rings. The molecule has 0 saturated heterocycles. The molecule has 21 heavy (non-hydrogen) atoms. The lowest BCUT2D eigenvalue weighted by Crippen LogP contribution is -2.28. The van der Waals surface area contributed by atoms with Crippen molar-refractivity contribution in [2.24, 2.45) is 0 Å². The molecule has 2 N–H and O–H groups in total. The summed E-state index contributed by atoms with van der Waals surface area (Å²) in [5.74, 6) is 1.54. The maximum absolute atomic E-state index is 11.7. The maximum Gasteiger partial charge on any atom is 0.252 e.